The van der Waals surface area contributed by atoms with E-state index in [1.54, 1.807) is 21.5 Å². The minimum Gasteiger partial charge on any atom is -0.0620 e. The summed E-state index contributed by atoms with van der Waals surface area (Å²) in [4.78, 5) is 0. The van der Waals surface area contributed by atoms with Gasteiger partial charge in [0.05, 0.1) is 0 Å². The zero-order chi connectivity index (χ0) is 21.2. The van der Waals surface area contributed by atoms with Gasteiger partial charge in [-0.05, 0) is 56.3 Å². The minimum atomic E-state index is -1.84. The second-order valence-electron chi connectivity index (χ2n) is 11.6. The quantitative estimate of drug-likeness (QED) is 0.506. The van der Waals surface area contributed by atoms with E-state index in [1.165, 1.54) is 22.3 Å². The van der Waals surface area contributed by atoms with Gasteiger partial charge in [-0.3, -0.25) is 0 Å². The van der Waals surface area contributed by atoms with Crippen LogP contribution in [0.15, 0.2) is 47.5 Å². The molecule has 0 atom stereocenters. The molecule has 0 bridgehead atoms. The largest absolute Gasteiger partial charge is 0.113 e. The van der Waals surface area contributed by atoms with Gasteiger partial charge in [-0.15, -0.1) is 0 Å². The van der Waals surface area contributed by atoms with E-state index < -0.39 is 8.07 Å². The fourth-order valence-electron chi connectivity index (χ4n) is 4.93. The Hall–Kier alpha value is -1.86. The number of rotatable bonds is 2. The molecule has 0 aliphatic heterocycles. The smallest absolute Gasteiger partial charge is 0.0620 e. The summed E-state index contributed by atoms with van der Waals surface area (Å²) in [5.74, 6) is 0. The highest BCUT2D eigenvalue weighted by atomic mass is 28.3. The molecule has 0 unspecified atom stereocenters. The summed E-state index contributed by atoms with van der Waals surface area (Å²) in [6, 6.07) is 14.1. The third-order valence-corrected chi connectivity index (χ3v) is 10.6. The van der Waals surface area contributed by atoms with Crippen molar-refractivity contribution in [2.24, 2.45) is 10.8 Å². The maximum atomic E-state index is 2.55. The van der Waals surface area contributed by atoms with Gasteiger partial charge >= 0.3 is 0 Å². The van der Waals surface area contributed by atoms with Crippen molar-refractivity contribution in [2.75, 3.05) is 0 Å². The molecule has 0 fully saturated rings. The molecule has 2 aliphatic rings. The second-order valence-corrected chi connectivity index (χ2v) is 15.9. The molecule has 0 saturated carbocycles. The van der Waals surface area contributed by atoms with Crippen molar-refractivity contribution in [2.45, 2.75) is 67.5 Å². The first kappa shape index (κ1) is 20.4. The van der Waals surface area contributed by atoms with Gasteiger partial charge in [0.15, 0.2) is 0 Å². The fourth-order valence-corrected chi connectivity index (χ4v) is 8.06. The highest BCUT2D eigenvalue weighted by Crippen LogP contribution is 2.38. The molecule has 0 aromatic heterocycles. The summed E-state index contributed by atoms with van der Waals surface area (Å²) in [6.45, 7) is 19.2. The normalized spacial score (nSPS) is 16.4. The summed E-state index contributed by atoms with van der Waals surface area (Å²) in [7, 11) is -1.84. The van der Waals surface area contributed by atoms with E-state index in [4.69, 9.17) is 0 Å². The van der Waals surface area contributed by atoms with Gasteiger partial charge in [0, 0.05) is 0 Å². The zero-order valence-electron chi connectivity index (χ0n) is 19.5. The summed E-state index contributed by atoms with van der Waals surface area (Å²) >= 11 is 0. The Labute approximate surface area is 178 Å². The van der Waals surface area contributed by atoms with Crippen molar-refractivity contribution in [3.05, 3.63) is 69.8 Å². The predicted molar refractivity (Wildman–Crippen MR) is 132 cm³/mol. The number of allylic oxidation sites excluding steroid dienone is 2. The molecule has 2 aromatic rings. The van der Waals surface area contributed by atoms with Crippen LogP contribution in [0.2, 0.25) is 13.1 Å². The molecular formula is C28H36Si. The maximum Gasteiger partial charge on any atom is 0.113 e. The van der Waals surface area contributed by atoms with E-state index in [-0.39, 0.29) is 10.8 Å². The van der Waals surface area contributed by atoms with Gasteiger partial charge in [0.2, 0.25) is 0 Å². The molecule has 1 heteroatoms. The highest BCUT2D eigenvalue weighted by Gasteiger charge is 2.35. The molecule has 0 amide bonds. The third-order valence-electron chi connectivity index (χ3n) is 7.07. The van der Waals surface area contributed by atoms with Gasteiger partial charge in [-0.2, -0.15) is 0 Å². The molecule has 0 saturated heterocycles. The molecule has 0 radical (unpaired) electrons. The molecule has 0 spiro atoms. The Morgan fingerprint density at radius 3 is 1.34 bits per heavy atom. The van der Waals surface area contributed by atoms with E-state index in [0.29, 0.717) is 0 Å². The third kappa shape index (κ3) is 3.48. The van der Waals surface area contributed by atoms with Crippen molar-refractivity contribution in [3.63, 3.8) is 0 Å². The SMILES string of the molecule is CC(C)(C)C1=Cc2c(cccc2[Si](C)(C)c2cccc3c2C=C(C(C)(C)C)C3)C1. The van der Waals surface area contributed by atoms with E-state index in [9.17, 15) is 0 Å². The molecule has 29 heavy (non-hydrogen) atoms. The van der Waals surface area contributed by atoms with Crippen molar-refractivity contribution in [1.29, 1.82) is 0 Å². The number of benzene rings is 2. The van der Waals surface area contributed by atoms with Crippen LogP contribution in [-0.2, 0) is 12.8 Å². The maximum absolute atomic E-state index is 2.55. The lowest BCUT2D eigenvalue weighted by Gasteiger charge is -2.28. The van der Waals surface area contributed by atoms with Gasteiger partial charge in [0.25, 0.3) is 0 Å². The standard InChI is InChI=1S/C28H36Si/c1-27(2,3)21-15-19-11-9-13-25(23(19)17-21)29(7,8)26-14-10-12-20-16-22(18-24(20)26)28(4,5)6/h9-14,17-18H,15-16H2,1-8H3. The number of fused-ring (bicyclic) bond motifs is 2. The fraction of sp³-hybridized carbons (Fsp3) is 0.429. The predicted octanol–water partition coefficient (Wildman–Crippen LogP) is 6.48. The van der Waals surface area contributed by atoms with Crippen LogP contribution < -0.4 is 10.4 Å². The first-order chi connectivity index (χ1) is 13.4. The number of hydrogen-bond donors (Lipinski definition) is 0. The first-order valence-electron chi connectivity index (χ1n) is 11.1. The topological polar surface area (TPSA) is 0 Å². The Balaban J connectivity index is 1.85. The van der Waals surface area contributed by atoms with Crippen LogP contribution in [0.4, 0.5) is 0 Å². The van der Waals surface area contributed by atoms with E-state index in [2.05, 4.69) is 103 Å². The van der Waals surface area contributed by atoms with Crippen LogP contribution in [-0.4, -0.2) is 8.07 Å². The van der Waals surface area contributed by atoms with Crippen LogP contribution in [0.3, 0.4) is 0 Å². The van der Waals surface area contributed by atoms with Gasteiger partial charge in [-0.1, -0.05) is 114 Å². The molecule has 0 heterocycles. The minimum absolute atomic E-state index is 0.236. The summed E-state index contributed by atoms with van der Waals surface area (Å²) < 4.78 is 0. The molecule has 4 rings (SSSR count). The summed E-state index contributed by atoms with van der Waals surface area (Å²) in [5.41, 5.74) is 9.68. The molecule has 0 nitrogen and oxygen atoms in total. The monoisotopic (exact) mass is 400 g/mol. The number of hydrogen-bond acceptors (Lipinski definition) is 0. The van der Waals surface area contributed by atoms with Crippen molar-refractivity contribution < 1.29 is 0 Å². The van der Waals surface area contributed by atoms with Crippen molar-refractivity contribution in [1.82, 2.24) is 0 Å². The Morgan fingerprint density at radius 1 is 0.621 bits per heavy atom. The average Bonchev–Trinajstić information content (AvgIpc) is 3.24. The van der Waals surface area contributed by atoms with E-state index in [1.807, 2.05) is 0 Å². The average molecular weight is 401 g/mol. The molecule has 0 N–H and O–H groups in total. The Morgan fingerprint density at radius 2 is 1.00 bits per heavy atom. The molecule has 152 valence electrons. The van der Waals surface area contributed by atoms with Gasteiger partial charge in [-0.25, -0.2) is 0 Å². The van der Waals surface area contributed by atoms with Crippen LogP contribution in [0.1, 0.15) is 63.8 Å². The Bertz CT molecular complexity index is 949. The lowest BCUT2D eigenvalue weighted by Crippen LogP contribution is -2.55. The van der Waals surface area contributed by atoms with Gasteiger partial charge in [0.1, 0.15) is 8.07 Å². The van der Waals surface area contributed by atoms with Crippen molar-refractivity contribution >= 4 is 30.6 Å². The van der Waals surface area contributed by atoms with Gasteiger partial charge < -0.3 is 0 Å². The van der Waals surface area contributed by atoms with E-state index >= 15 is 0 Å². The van der Waals surface area contributed by atoms with Crippen LogP contribution in [0, 0.1) is 10.8 Å². The highest BCUT2D eigenvalue weighted by molar-refractivity contribution is 7.01. The lowest BCUT2D eigenvalue weighted by molar-refractivity contribution is 0.498. The summed E-state index contributed by atoms with van der Waals surface area (Å²) in [6.07, 6.45) is 7.24. The second kappa shape index (κ2) is 6.57. The lowest BCUT2D eigenvalue weighted by atomic mass is 9.85. The first-order valence-corrected chi connectivity index (χ1v) is 14.1. The molecule has 2 aromatic carbocycles. The van der Waals surface area contributed by atoms with E-state index in [0.717, 1.165) is 12.8 Å². The zero-order valence-corrected chi connectivity index (χ0v) is 20.5. The molecule has 2 aliphatic carbocycles. The van der Waals surface area contributed by atoms with Crippen molar-refractivity contribution in [3.8, 4) is 0 Å². The van der Waals surface area contributed by atoms with Crippen LogP contribution in [0.25, 0.3) is 12.2 Å². The molecular weight excluding hydrogens is 364 g/mol. The van der Waals surface area contributed by atoms with Crippen LogP contribution in [0.5, 0.6) is 0 Å². The summed E-state index contributed by atoms with van der Waals surface area (Å²) in [5, 5.41) is 3.19. The van der Waals surface area contributed by atoms with Crippen LogP contribution >= 0.6 is 0 Å². The Kier molecular flexibility index (Phi) is 4.62.